The lowest BCUT2D eigenvalue weighted by Crippen LogP contribution is -2.11. The van der Waals surface area contributed by atoms with Crippen molar-refractivity contribution in [3.8, 4) is 0 Å². The maximum Gasteiger partial charge on any atom is 0.140 e. The molecule has 0 aliphatic carbocycles. The van der Waals surface area contributed by atoms with Crippen LogP contribution in [-0.4, -0.2) is 11.0 Å². The van der Waals surface area contributed by atoms with Crippen molar-refractivity contribution in [3.63, 3.8) is 0 Å². The average Bonchev–Trinajstić information content (AvgIpc) is 1.94. The van der Waals surface area contributed by atoms with Crippen LogP contribution in [0.3, 0.4) is 0 Å². The Morgan fingerprint density at radius 1 is 1.58 bits per heavy atom. The molecule has 0 aliphatic heterocycles. The van der Waals surface area contributed by atoms with Gasteiger partial charge in [-0.1, -0.05) is 0 Å². The van der Waals surface area contributed by atoms with Gasteiger partial charge in [-0.2, -0.15) is 0 Å². The third kappa shape index (κ3) is 2.90. The first-order valence-electron chi connectivity index (χ1n) is 3.67. The fourth-order valence-electron chi connectivity index (χ4n) is 0.794. The normalized spacial score (nSPS) is 10.4. The molecule has 0 saturated heterocycles. The molecule has 2 nitrogen and oxygen atoms in total. The highest BCUT2D eigenvalue weighted by atomic mass is 127. The molecule has 1 heterocycles. The van der Waals surface area contributed by atoms with E-state index in [0.29, 0.717) is 6.04 Å². The van der Waals surface area contributed by atoms with Crippen molar-refractivity contribution >= 4 is 44.3 Å². The molecule has 0 saturated carbocycles. The largest absolute Gasteiger partial charge is 0.367 e. The first-order valence-corrected chi connectivity index (χ1v) is 5.54. The number of pyridine rings is 1. The molecule has 1 N–H and O–H groups in total. The smallest absolute Gasteiger partial charge is 0.140 e. The minimum Gasteiger partial charge on any atom is -0.367 e. The molecule has 1 aromatic rings. The lowest BCUT2D eigenvalue weighted by Gasteiger charge is -2.10. The zero-order chi connectivity index (χ0) is 9.14. The quantitative estimate of drug-likeness (QED) is 0.836. The number of halogens is 2. The molecule has 12 heavy (non-hydrogen) atoms. The molecule has 0 atom stereocenters. The average molecular weight is 341 g/mol. The summed E-state index contributed by atoms with van der Waals surface area (Å²) < 4.78 is 2.15. The molecule has 1 aromatic heterocycles. The Labute approximate surface area is 94.4 Å². The lowest BCUT2D eigenvalue weighted by atomic mass is 10.4. The summed E-state index contributed by atoms with van der Waals surface area (Å²) in [6, 6.07) is 2.45. The Morgan fingerprint density at radius 2 is 2.25 bits per heavy atom. The van der Waals surface area contributed by atoms with E-state index in [-0.39, 0.29) is 0 Å². The number of anilines is 1. The summed E-state index contributed by atoms with van der Waals surface area (Å²) in [5.41, 5.74) is 0. The van der Waals surface area contributed by atoms with Crippen LogP contribution >= 0.6 is 38.5 Å². The second-order valence-electron chi connectivity index (χ2n) is 2.78. The van der Waals surface area contributed by atoms with Crippen molar-refractivity contribution in [3.05, 3.63) is 20.3 Å². The van der Waals surface area contributed by atoms with Crippen molar-refractivity contribution < 1.29 is 0 Å². The first-order chi connectivity index (χ1) is 5.59. The minimum atomic E-state index is 0.411. The van der Waals surface area contributed by atoms with Crippen LogP contribution in [0, 0.1) is 3.57 Å². The van der Waals surface area contributed by atoms with E-state index < -0.39 is 0 Å². The van der Waals surface area contributed by atoms with E-state index in [0.717, 1.165) is 13.9 Å². The van der Waals surface area contributed by atoms with Gasteiger partial charge in [0.15, 0.2) is 0 Å². The van der Waals surface area contributed by atoms with E-state index >= 15 is 0 Å². The summed E-state index contributed by atoms with van der Waals surface area (Å²) in [4.78, 5) is 4.25. The Morgan fingerprint density at radius 3 is 2.75 bits per heavy atom. The van der Waals surface area contributed by atoms with E-state index in [1.165, 1.54) is 0 Å². The molecular weight excluding hydrogens is 331 g/mol. The molecule has 0 bridgehead atoms. The maximum absolute atomic E-state index is 4.25. The Bertz CT molecular complexity index is 276. The summed E-state index contributed by atoms with van der Waals surface area (Å²) >= 11 is 5.68. The Kier molecular flexibility index (Phi) is 3.77. The SMILES string of the molecule is CC(C)Nc1ncc(I)cc1Br. The predicted octanol–water partition coefficient (Wildman–Crippen LogP) is 3.27. The Balaban J connectivity index is 2.86. The minimum absolute atomic E-state index is 0.411. The van der Waals surface area contributed by atoms with Gasteiger partial charge in [-0.25, -0.2) is 4.98 Å². The van der Waals surface area contributed by atoms with Crippen molar-refractivity contribution in [2.24, 2.45) is 0 Å². The van der Waals surface area contributed by atoms with Gasteiger partial charge >= 0.3 is 0 Å². The number of rotatable bonds is 2. The predicted molar refractivity (Wildman–Crippen MR) is 63.4 cm³/mol. The number of nitrogens with zero attached hydrogens (tertiary/aromatic N) is 1. The summed E-state index contributed by atoms with van der Waals surface area (Å²) in [6.45, 7) is 4.18. The van der Waals surface area contributed by atoms with Crippen molar-refractivity contribution in [2.75, 3.05) is 5.32 Å². The maximum atomic E-state index is 4.25. The highest BCUT2D eigenvalue weighted by molar-refractivity contribution is 14.1. The van der Waals surface area contributed by atoms with Gasteiger partial charge in [-0.15, -0.1) is 0 Å². The van der Waals surface area contributed by atoms with Crippen molar-refractivity contribution in [2.45, 2.75) is 19.9 Å². The molecule has 1 rings (SSSR count). The highest BCUT2D eigenvalue weighted by Crippen LogP contribution is 2.21. The van der Waals surface area contributed by atoms with Crippen LogP contribution in [0.2, 0.25) is 0 Å². The van der Waals surface area contributed by atoms with Crippen LogP contribution in [0.4, 0.5) is 5.82 Å². The topological polar surface area (TPSA) is 24.9 Å². The third-order valence-electron chi connectivity index (χ3n) is 1.23. The zero-order valence-corrected chi connectivity index (χ0v) is 10.7. The molecular formula is C8H10BrIN2. The van der Waals surface area contributed by atoms with Gasteiger partial charge in [0.2, 0.25) is 0 Å². The van der Waals surface area contributed by atoms with E-state index in [1.54, 1.807) is 0 Å². The van der Waals surface area contributed by atoms with E-state index in [4.69, 9.17) is 0 Å². The summed E-state index contributed by atoms with van der Waals surface area (Å²) in [5.74, 6) is 0.908. The fourth-order valence-corrected chi connectivity index (χ4v) is 2.14. The molecule has 0 aromatic carbocycles. The van der Waals surface area contributed by atoms with Crippen LogP contribution in [0.25, 0.3) is 0 Å². The Hall–Kier alpha value is 0.160. The standard InChI is InChI=1S/C8H10BrIN2/c1-5(2)12-8-7(9)3-6(10)4-11-8/h3-5H,1-2H3,(H,11,12). The van der Waals surface area contributed by atoms with E-state index in [2.05, 4.69) is 62.7 Å². The molecule has 0 aliphatic rings. The van der Waals surface area contributed by atoms with E-state index in [1.807, 2.05) is 12.3 Å². The van der Waals surface area contributed by atoms with Crippen LogP contribution in [-0.2, 0) is 0 Å². The van der Waals surface area contributed by atoms with Gasteiger partial charge in [0, 0.05) is 15.8 Å². The van der Waals surface area contributed by atoms with E-state index in [9.17, 15) is 0 Å². The van der Waals surface area contributed by atoms with Crippen LogP contribution in [0.5, 0.6) is 0 Å². The molecule has 0 radical (unpaired) electrons. The molecule has 0 spiro atoms. The summed E-state index contributed by atoms with van der Waals surface area (Å²) in [6.07, 6.45) is 1.84. The van der Waals surface area contributed by atoms with Gasteiger partial charge in [0.05, 0.1) is 4.47 Å². The highest BCUT2D eigenvalue weighted by Gasteiger charge is 2.02. The molecule has 0 amide bonds. The first kappa shape index (κ1) is 10.2. The van der Waals surface area contributed by atoms with Gasteiger partial charge in [0.25, 0.3) is 0 Å². The second-order valence-corrected chi connectivity index (χ2v) is 4.88. The molecule has 4 heteroatoms. The number of nitrogens with one attached hydrogen (secondary N) is 1. The van der Waals surface area contributed by atoms with Crippen LogP contribution in [0.1, 0.15) is 13.8 Å². The third-order valence-corrected chi connectivity index (χ3v) is 2.43. The summed E-state index contributed by atoms with van der Waals surface area (Å²) in [7, 11) is 0. The van der Waals surface area contributed by atoms with Crippen LogP contribution in [0.15, 0.2) is 16.7 Å². The number of aromatic nitrogens is 1. The molecule has 0 unspecified atom stereocenters. The van der Waals surface area contributed by atoms with Crippen molar-refractivity contribution in [1.82, 2.24) is 4.98 Å². The van der Waals surface area contributed by atoms with Crippen molar-refractivity contribution in [1.29, 1.82) is 0 Å². The lowest BCUT2D eigenvalue weighted by molar-refractivity contribution is 0.887. The number of hydrogen-bond acceptors (Lipinski definition) is 2. The second kappa shape index (κ2) is 4.41. The zero-order valence-electron chi connectivity index (χ0n) is 6.94. The van der Waals surface area contributed by atoms with Gasteiger partial charge in [0.1, 0.15) is 5.82 Å². The van der Waals surface area contributed by atoms with Gasteiger partial charge in [-0.3, -0.25) is 0 Å². The molecule has 0 fully saturated rings. The van der Waals surface area contributed by atoms with Gasteiger partial charge in [-0.05, 0) is 58.4 Å². The fraction of sp³-hybridized carbons (Fsp3) is 0.375. The summed E-state index contributed by atoms with van der Waals surface area (Å²) in [5, 5.41) is 3.24. The monoisotopic (exact) mass is 340 g/mol. The molecule has 66 valence electrons. The van der Waals surface area contributed by atoms with Crippen LogP contribution < -0.4 is 5.32 Å². The van der Waals surface area contributed by atoms with Gasteiger partial charge < -0.3 is 5.32 Å². The number of hydrogen-bond donors (Lipinski definition) is 1.